The van der Waals surface area contributed by atoms with E-state index in [0.29, 0.717) is 30.3 Å². The van der Waals surface area contributed by atoms with Crippen molar-refractivity contribution in [3.05, 3.63) is 48.3 Å². The lowest BCUT2D eigenvalue weighted by atomic mass is 10.1. The Kier molecular flexibility index (Phi) is 4.80. The van der Waals surface area contributed by atoms with Gasteiger partial charge in [-0.1, -0.05) is 0 Å². The minimum absolute atomic E-state index is 0.186. The first-order valence-electron chi connectivity index (χ1n) is 7.77. The van der Waals surface area contributed by atoms with Crippen molar-refractivity contribution in [1.29, 1.82) is 0 Å². The minimum Gasteiger partial charge on any atom is -0.492 e. The first-order valence-corrected chi connectivity index (χ1v) is 7.77. The number of rotatable bonds is 6. The highest BCUT2D eigenvalue weighted by atomic mass is 16.5. The van der Waals surface area contributed by atoms with Crippen molar-refractivity contribution >= 4 is 11.6 Å². The van der Waals surface area contributed by atoms with Crippen LogP contribution in [-0.2, 0) is 7.05 Å². The Morgan fingerprint density at radius 1 is 1.40 bits per heavy atom. The van der Waals surface area contributed by atoms with Gasteiger partial charge in [-0.05, 0) is 31.2 Å². The zero-order valence-electron chi connectivity index (χ0n) is 14.0. The van der Waals surface area contributed by atoms with Crippen LogP contribution in [0.25, 0.3) is 11.3 Å². The maximum absolute atomic E-state index is 12.3. The number of hydrogen-bond donors (Lipinski definition) is 2. The smallest absolute Gasteiger partial charge is 0.293 e. The number of nitrogens with zero attached hydrogens (tertiary/aromatic N) is 3. The lowest BCUT2D eigenvalue weighted by Crippen LogP contribution is -2.13. The van der Waals surface area contributed by atoms with Gasteiger partial charge in [-0.2, -0.15) is 5.10 Å². The maximum Gasteiger partial charge on any atom is 0.293 e. The van der Waals surface area contributed by atoms with Crippen LogP contribution >= 0.6 is 0 Å². The molecule has 0 aliphatic rings. The zero-order chi connectivity index (χ0) is 17.8. The predicted octanol–water partition coefficient (Wildman–Crippen LogP) is 1.97. The number of benzene rings is 1. The number of amides is 1. The van der Waals surface area contributed by atoms with Gasteiger partial charge in [0, 0.05) is 31.0 Å². The van der Waals surface area contributed by atoms with E-state index in [1.165, 1.54) is 6.39 Å². The van der Waals surface area contributed by atoms with E-state index in [2.05, 4.69) is 15.4 Å². The summed E-state index contributed by atoms with van der Waals surface area (Å²) in [6.45, 7) is 2.52. The van der Waals surface area contributed by atoms with Crippen LogP contribution in [0.2, 0.25) is 0 Å². The maximum atomic E-state index is 12.3. The van der Waals surface area contributed by atoms with Crippen LogP contribution < -0.4 is 15.8 Å². The van der Waals surface area contributed by atoms with Gasteiger partial charge in [-0.15, -0.1) is 0 Å². The summed E-state index contributed by atoms with van der Waals surface area (Å²) in [4.78, 5) is 16.2. The van der Waals surface area contributed by atoms with E-state index in [0.717, 1.165) is 11.3 Å². The quantitative estimate of drug-likeness (QED) is 0.709. The van der Waals surface area contributed by atoms with Gasteiger partial charge >= 0.3 is 0 Å². The Labute approximate surface area is 144 Å². The van der Waals surface area contributed by atoms with Crippen molar-refractivity contribution in [3.63, 3.8) is 0 Å². The fourth-order valence-corrected chi connectivity index (χ4v) is 2.45. The highest BCUT2D eigenvalue weighted by molar-refractivity contribution is 6.03. The standard InChI is InChI=1S/C17H19N5O3/c1-11-16(25-10-19-11)17(23)21-12-3-4-15(24-8-6-18)13(9-12)14-5-7-20-22(14)2/h3-5,7,9-10H,6,8,18H2,1-2H3,(H,21,23). The highest BCUT2D eigenvalue weighted by Crippen LogP contribution is 2.32. The van der Waals surface area contributed by atoms with Crippen LogP contribution in [-0.4, -0.2) is 33.8 Å². The van der Waals surface area contributed by atoms with Crippen LogP contribution in [0.3, 0.4) is 0 Å². The Balaban J connectivity index is 1.92. The van der Waals surface area contributed by atoms with Gasteiger partial charge in [0.1, 0.15) is 12.4 Å². The fraction of sp³-hybridized carbons (Fsp3) is 0.235. The van der Waals surface area contributed by atoms with Gasteiger partial charge in [-0.3, -0.25) is 9.48 Å². The molecule has 1 aromatic carbocycles. The van der Waals surface area contributed by atoms with Crippen molar-refractivity contribution in [2.24, 2.45) is 12.8 Å². The fourth-order valence-electron chi connectivity index (χ4n) is 2.45. The molecule has 0 saturated carbocycles. The molecule has 1 amide bonds. The first-order chi connectivity index (χ1) is 12.1. The third-order valence-electron chi connectivity index (χ3n) is 3.66. The summed E-state index contributed by atoms with van der Waals surface area (Å²) in [5.41, 5.74) is 8.33. The molecule has 3 rings (SSSR count). The number of nitrogens with one attached hydrogen (secondary N) is 1. The molecule has 0 fully saturated rings. The Bertz CT molecular complexity index is 884. The van der Waals surface area contributed by atoms with Crippen molar-refractivity contribution < 1.29 is 13.9 Å². The molecular weight excluding hydrogens is 322 g/mol. The normalized spacial score (nSPS) is 10.7. The van der Waals surface area contributed by atoms with Crippen LogP contribution in [0.5, 0.6) is 5.75 Å². The predicted molar refractivity (Wildman–Crippen MR) is 92.4 cm³/mol. The molecule has 3 N–H and O–H groups in total. The summed E-state index contributed by atoms with van der Waals surface area (Å²) < 4.78 is 12.6. The topological polar surface area (TPSA) is 108 Å². The third-order valence-corrected chi connectivity index (χ3v) is 3.66. The van der Waals surface area contributed by atoms with E-state index < -0.39 is 0 Å². The Morgan fingerprint density at radius 2 is 2.24 bits per heavy atom. The van der Waals surface area contributed by atoms with E-state index in [9.17, 15) is 4.79 Å². The van der Waals surface area contributed by atoms with E-state index in [1.54, 1.807) is 29.9 Å². The monoisotopic (exact) mass is 341 g/mol. The molecule has 2 aromatic heterocycles. The molecule has 0 spiro atoms. The number of hydrogen-bond acceptors (Lipinski definition) is 6. The van der Waals surface area contributed by atoms with Crippen molar-refractivity contribution in [1.82, 2.24) is 14.8 Å². The molecule has 0 saturated heterocycles. The summed E-state index contributed by atoms with van der Waals surface area (Å²) in [7, 11) is 1.84. The summed E-state index contributed by atoms with van der Waals surface area (Å²) in [5, 5.41) is 6.99. The molecule has 0 aliphatic heterocycles. The summed E-state index contributed by atoms with van der Waals surface area (Å²) >= 11 is 0. The Hall–Kier alpha value is -3.13. The van der Waals surface area contributed by atoms with Crippen molar-refractivity contribution in [2.75, 3.05) is 18.5 Å². The molecule has 8 heteroatoms. The molecule has 0 radical (unpaired) electrons. The van der Waals surface area contributed by atoms with E-state index in [4.69, 9.17) is 14.9 Å². The molecular formula is C17H19N5O3. The lowest BCUT2D eigenvalue weighted by Gasteiger charge is -2.13. The number of aromatic nitrogens is 3. The van der Waals surface area contributed by atoms with Crippen LogP contribution in [0.1, 0.15) is 16.2 Å². The highest BCUT2D eigenvalue weighted by Gasteiger charge is 2.16. The number of oxazole rings is 1. The molecule has 130 valence electrons. The second-order valence-corrected chi connectivity index (χ2v) is 5.41. The van der Waals surface area contributed by atoms with E-state index >= 15 is 0 Å². The second-order valence-electron chi connectivity index (χ2n) is 5.41. The molecule has 25 heavy (non-hydrogen) atoms. The number of ether oxygens (including phenoxy) is 1. The lowest BCUT2D eigenvalue weighted by molar-refractivity contribution is 0.0996. The number of anilines is 1. The van der Waals surface area contributed by atoms with Gasteiger partial charge in [0.25, 0.3) is 5.91 Å². The number of aryl methyl sites for hydroxylation is 2. The van der Waals surface area contributed by atoms with Gasteiger partial charge in [0.2, 0.25) is 5.76 Å². The van der Waals surface area contributed by atoms with Crippen LogP contribution in [0.4, 0.5) is 5.69 Å². The van der Waals surface area contributed by atoms with E-state index in [1.807, 2.05) is 19.2 Å². The van der Waals surface area contributed by atoms with Crippen molar-refractivity contribution in [3.8, 4) is 17.0 Å². The molecule has 0 aliphatic carbocycles. The molecule has 0 unspecified atom stereocenters. The molecule has 0 atom stereocenters. The van der Waals surface area contributed by atoms with Crippen LogP contribution in [0, 0.1) is 6.92 Å². The third kappa shape index (κ3) is 3.53. The van der Waals surface area contributed by atoms with Gasteiger partial charge in [-0.25, -0.2) is 4.98 Å². The number of carbonyl (C=O) groups is 1. The number of carbonyl (C=O) groups excluding carboxylic acids is 1. The first kappa shape index (κ1) is 16.7. The average Bonchev–Trinajstić information content (AvgIpc) is 3.21. The largest absolute Gasteiger partial charge is 0.492 e. The molecule has 0 bridgehead atoms. The molecule has 3 aromatic rings. The summed E-state index contributed by atoms with van der Waals surface area (Å²) in [6, 6.07) is 7.25. The van der Waals surface area contributed by atoms with Gasteiger partial charge in [0.15, 0.2) is 6.39 Å². The van der Waals surface area contributed by atoms with E-state index in [-0.39, 0.29) is 11.7 Å². The van der Waals surface area contributed by atoms with Crippen molar-refractivity contribution in [2.45, 2.75) is 6.92 Å². The molecule has 2 heterocycles. The summed E-state index contributed by atoms with van der Waals surface area (Å²) in [6.07, 6.45) is 2.94. The van der Waals surface area contributed by atoms with Crippen LogP contribution in [0.15, 0.2) is 41.3 Å². The Morgan fingerprint density at radius 3 is 2.88 bits per heavy atom. The minimum atomic E-state index is -0.360. The SMILES string of the molecule is Cc1ncoc1C(=O)Nc1ccc(OCCN)c(-c2ccnn2C)c1. The van der Waals surface area contributed by atoms with Gasteiger partial charge in [0.05, 0.1) is 11.4 Å². The second kappa shape index (κ2) is 7.18. The van der Waals surface area contributed by atoms with Gasteiger partial charge < -0.3 is 20.2 Å². The zero-order valence-corrected chi connectivity index (χ0v) is 14.0. The summed E-state index contributed by atoms with van der Waals surface area (Å²) in [5.74, 6) is 0.495. The molecule has 8 nitrogen and oxygen atoms in total. The average molecular weight is 341 g/mol. The number of nitrogens with two attached hydrogens (primary N) is 1.